The number of hydrogen-bond donors (Lipinski definition) is 2. The van der Waals surface area contributed by atoms with E-state index in [0.29, 0.717) is 5.56 Å². The van der Waals surface area contributed by atoms with E-state index in [1.54, 1.807) is 6.07 Å². The van der Waals surface area contributed by atoms with Gasteiger partial charge in [-0.3, -0.25) is 25.0 Å². The van der Waals surface area contributed by atoms with Crippen LogP contribution in [0.2, 0.25) is 0 Å². The minimum Gasteiger partial charge on any atom is -0.361 e. The average Bonchev–Trinajstić information content (AvgIpc) is 3.19. The number of allylic oxidation sites excluding steroid dienone is 1. The molecule has 1 aromatic carbocycles. The molecule has 1 atom stereocenters. The van der Waals surface area contributed by atoms with E-state index in [0.717, 1.165) is 0 Å². The number of nitrogens with one attached hydrogen (secondary N) is 1. The van der Waals surface area contributed by atoms with Crippen LogP contribution in [0.3, 0.4) is 0 Å². The van der Waals surface area contributed by atoms with E-state index < -0.39 is 35.1 Å². The van der Waals surface area contributed by atoms with Crippen molar-refractivity contribution in [1.29, 1.82) is 0 Å². The molecule has 2 heterocycles. The number of carbonyl (C=O) groups is 1. The van der Waals surface area contributed by atoms with Gasteiger partial charge in [-0.1, -0.05) is 12.1 Å². The van der Waals surface area contributed by atoms with Gasteiger partial charge in [0.15, 0.2) is 0 Å². The van der Waals surface area contributed by atoms with Gasteiger partial charge in [-0.25, -0.2) is 22.6 Å². The van der Waals surface area contributed by atoms with Gasteiger partial charge in [0.2, 0.25) is 5.72 Å². The molecular weight excluding hydrogens is 426 g/mol. The molecule has 0 saturated heterocycles. The van der Waals surface area contributed by atoms with Crippen LogP contribution >= 0.6 is 0 Å². The number of aromatic nitrogens is 2. The number of alkyl halides is 4. The number of hydrazine groups is 1. The number of benzene rings is 1. The summed E-state index contributed by atoms with van der Waals surface area (Å²) in [5, 5.41) is 25.4. The summed E-state index contributed by atoms with van der Waals surface area (Å²) in [4.78, 5) is 23.3. The maximum absolute atomic E-state index is 13.4. The highest BCUT2D eigenvalue weighted by Crippen LogP contribution is 2.31. The number of amides is 1. The highest BCUT2D eigenvalue weighted by Gasteiger charge is 2.51. The Hall–Kier alpha value is -3.48. The molecule has 0 spiro atoms. The zero-order chi connectivity index (χ0) is 23.1. The molecule has 0 aliphatic carbocycles. The fourth-order valence-corrected chi connectivity index (χ4v) is 3.24. The SMILES string of the molecule is Cc1nn(Cc2cccc(C(=O)N3NC(C(F)F)=CC3(O)C(F)F)c2)c(C)c1[N+](=O)[O-]. The van der Waals surface area contributed by atoms with E-state index in [9.17, 15) is 37.6 Å². The first-order valence-electron chi connectivity index (χ1n) is 8.85. The standard InChI is InChI=1S/C18H17F4N5O4/c1-9-14(27(30)31)10(2)25(23-9)8-11-4-3-5-12(6-11)16(28)26-18(29,17(21)22)7-13(24-26)15(19)20/h3-7,15,17,24,29H,8H2,1-2H3. The Morgan fingerprint density at radius 1 is 1.32 bits per heavy atom. The molecule has 1 aliphatic rings. The monoisotopic (exact) mass is 443 g/mol. The number of nitro groups is 1. The zero-order valence-corrected chi connectivity index (χ0v) is 16.2. The molecule has 2 N–H and O–H groups in total. The van der Waals surface area contributed by atoms with Crippen molar-refractivity contribution < 1.29 is 32.4 Å². The number of aryl methyl sites for hydroxylation is 1. The van der Waals surface area contributed by atoms with E-state index in [1.165, 1.54) is 36.7 Å². The van der Waals surface area contributed by atoms with Gasteiger partial charge in [0, 0.05) is 11.6 Å². The van der Waals surface area contributed by atoms with Crippen LogP contribution in [0.15, 0.2) is 36.0 Å². The molecule has 31 heavy (non-hydrogen) atoms. The summed E-state index contributed by atoms with van der Waals surface area (Å²) in [5.41, 5.74) is -1.86. The first-order chi connectivity index (χ1) is 14.5. The molecule has 13 heteroatoms. The van der Waals surface area contributed by atoms with E-state index in [2.05, 4.69) is 5.10 Å². The van der Waals surface area contributed by atoms with Crippen LogP contribution in [0.5, 0.6) is 0 Å². The van der Waals surface area contributed by atoms with Gasteiger partial charge in [0.05, 0.1) is 17.2 Å². The normalized spacial score (nSPS) is 18.5. The average molecular weight is 443 g/mol. The molecule has 0 fully saturated rings. The summed E-state index contributed by atoms with van der Waals surface area (Å²) in [6.45, 7) is 3.00. The van der Waals surface area contributed by atoms with Crippen molar-refractivity contribution in [2.45, 2.75) is 39.0 Å². The van der Waals surface area contributed by atoms with Crippen LogP contribution in [0, 0.1) is 24.0 Å². The Balaban J connectivity index is 1.89. The third-order valence-electron chi connectivity index (χ3n) is 4.76. The lowest BCUT2D eigenvalue weighted by Gasteiger charge is -2.31. The van der Waals surface area contributed by atoms with Crippen LogP contribution in [-0.4, -0.2) is 49.3 Å². The molecule has 3 rings (SSSR count). The van der Waals surface area contributed by atoms with E-state index in [4.69, 9.17) is 0 Å². The highest BCUT2D eigenvalue weighted by atomic mass is 19.3. The second-order valence-electron chi connectivity index (χ2n) is 6.87. The second kappa shape index (κ2) is 7.98. The molecule has 1 amide bonds. The van der Waals surface area contributed by atoms with Gasteiger partial charge in [0.1, 0.15) is 11.4 Å². The lowest BCUT2D eigenvalue weighted by molar-refractivity contribution is -0.386. The van der Waals surface area contributed by atoms with Crippen molar-refractivity contribution in [3.8, 4) is 0 Å². The first kappa shape index (κ1) is 22.2. The summed E-state index contributed by atoms with van der Waals surface area (Å²) >= 11 is 0. The summed E-state index contributed by atoms with van der Waals surface area (Å²) in [5.74, 6) is -1.17. The predicted molar refractivity (Wildman–Crippen MR) is 98.2 cm³/mol. The van der Waals surface area contributed by atoms with Crippen LogP contribution in [0.4, 0.5) is 23.2 Å². The summed E-state index contributed by atoms with van der Waals surface area (Å²) < 4.78 is 53.9. The molecular formula is C18H17F4N5O4. The third-order valence-corrected chi connectivity index (χ3v) is 4.76. The van der Waals surface area contributed by atoms with Gasteiger partial charge in [-0.2, -0.15) is 5.10 Å². The van der Waals surface area contributed by atoms with E-state index in [-0.39, 0.29) is 40.3 Å². The number of nitrogens with zero attached hydrogens (tertiary/aromatic N) is 4. The summed E-state index contributed by atoms with van der Waals surface area (Å²) in [7, 11) is 0. The Bertz CT molecular complexity index is 1070. The Morgan fingerprint density at radius 3 is 2.55 bits per heavy atom. The fraction of sp³-hybridized carbons (Fsp3) is 0.333. The minimum absolute atomic E-state index is 0.0225. The van der Waals surface area contributed by atoms with Gasteiger partial charge in [-0.15, -0.1) is 0 Å². The molecule has 9 nitrogen and oxygen atoms in total. The van der Waals surface area contributed by atoms with E-state index >= 15 is 0 Å². The van der Waals surface area contributed by atoms with Crippen molar-refractivity contribution in [3.05, 3.63) is 68.7 Å². The van der Waals surface area contributed by atoms with Crippen molar-refractivity contribution in [1.82, 2.24) is 20.2 Å². The predicted octanol–water partition coefficient (Wildman–Crippen LogP) is 2.52. The summed E-state index contributed by atoms with van der Waals surface area (Å²) in [6, 6.07) is 5.53. The maximum Gasteiger partial charge on any atom is 0.312 e. The van der Waals surface area contributed by atoms with Crippen LogP contribution in [-0.2, 0) is 6.54 Å². The number of aliphatic hydroxyl groups is 1. The number of halogens is 4. The Labute approximate surface area is 172 Å². The number of rotatable bonds is 6. The minimum atomic E-state index is -3.56. The van der Waals surface area contributed by atoms with Gasteiger partial charge >= 0.3 is 5.69 Å². The largest absolute Gasteiger partial charge is 0.361 e. The van der Waals surface area contributed by atoms with Gasteiger partial charge < -0.3 is 5.11 Å². The highest BCUT2D eigenvalue weighted by molar-refractivity contribution is 5.95. The van der Waals surface area contributed by atoms with Crippen molar-refractivity contribution in [2.75, 3.05) is 0 Å². The second-order valence-corrected chi connectivity index (χ2v) is 6.87. The topological polar surface area (TPSA) is 114 Å². The zero-order valence-electron chi connectivity index (χ0n) is 16.2. The molecule has 0 radical (unpaired) electrons. The lowest BCUT2D eigenvalue weighted by Crippen LogP contribution is -2.56. The molecule has 0 saturated carbocycles. The Morgan fingerprint density at radius 2 is 2.00 bits per heavy atom. The van der Waals surface area contributed by atoms with Gasteiger partial charge in [0.25, 0.3) is 18.8 Å². The summed E-state index contributed by atoms with van der Waals surface area (Å²) in [6.07, 6.45) is -6.56. The lowest BCUT2D eigenvalue weighted by atomic mass is 10.1. The molecule has 1 aromatic heterocycles. The molecule has 166 valence electrons. The maximum atomic E-state index is 13.4. The van der Waals surface area contributed by atoms with Crippen molar-refractivity contribution in [2.24, 2.45) is 0 Å². The van der Waals surface area contributed by atoms with Crippen LogP contribution in [0.1, 0.15) is 27.3 Å². The quantitative estimate of drug-likeness (QED) is 0.403. The molecule has 1 aliphatic heterocycles. The molecule has 0 bridgehead atoms. The van der Waals surface area contributed by atoms with Crippen LogP contribution < -0.4 is 5.43 Å². The van der Waals surface area contributed by atoms with Crippen LogP contribution in [0.25, 0.3) is 0 Å². The Kier molecular flexibility index (Phi) is 5.72. The van der Waals surface area contributed by atoms with Gasteiger partial charge in [-0.05, 0) is 31.5 Å². The first-order valence-corrected chi connectivity index (χ1v) is 8.85. The smallest absolute Gasteiger partial charge is 0.312 e. The van der Waals surface area contributed by atoms with Crippen molar-refractivity contribution in [3.63, 3.8) is 0 Å². The molecule has 1 unspecified atom stereocenters. The molecule has 2 aromatic rings. The number of carbonyl (C=O) groups excluding carboxylic acids is 1. The third kappa shape index (κ3) is 3.95. The number of hydrogen-bond acceptors (Lipinski definition) is 6. The van der Waals surface area contributed by atoms with E-state index in [1.807, 2.05) is 5.43 Å². The fourth-order valence-electron chi connectivity index (χ4n) is 3.24. The van der Waals surface area contributed by atoms with Crippen molar-refractivity contribution >= 4 is 11.6 Å².